The molecule has 0 bridgehead atoms. The molecule has 7 heteroatoms. The van der Waals surface area contributed by atoms with Crippen molar-refractivity contribution in [2.45, 2.75) is 6.10 Å². The molecule has 1 unspecified atom stereocenters. The van der Waals surface area contributed by atoms with Gasteiger partial charge in [-0.25, -0.2) is 9.67 Å². The molecule has 0 spiro atoms. The van der Waals surface area contributed by atoms with E-state index in [1.54, 1.807) is 26.5 Å². The molecule has 0 amide bonds. The maximum atomic E-state index is 11.2. The quantitative estimate of drug-likeness (QED) is 0.551. The summed E-state index contributed by atoms with van der Waals surface area (Å²) in [4.78, 5) is 4.01. The molecule has 0 aliphatic rings. The molecular weight excluding hydrogens is 358 g/mol. The van der Waals surface area contributed by atoms with E-state index in [1.807, 2.05) is 42.5 Å². The number of benzene rings is 2. The fourth-order valence-electron chi connectivity index (χ4n) is 3.11. The third-order valence-corrected chi connectivity index (χ3v) is 4.48. The summed E-state index contributed by atoms with van der Waals surface area (Å²) in [5.41, 5.74) is 2.61. The average Bonchev–Trinajstić information content (AvgIpc) is 3.42. The third-order valence-electron chi connectivity index (χ3n) is 4.48. The molecule has 1 N–H and O–H groups in total. The van der Waals surface area contributed by atoms with Crippen molar-refractivity contribution < 1.29 is 19.0 Å². The summed E-state index contributed by atoms with van der Waals surface area (Å²) in [6.45, 7) is 0. The Labute approximate surface area is 161 Å². The van der Waals surface area contributed by atoms with Crippen molar-refractivity contribution in [3.05, 3.63) is 72.5 Å². The number of hydrogen-bond donors (Lipinski definition) is 1. The second kappa shape index (κ2) is 7.58. The van der Waals surface area contributed by atoms with Crippen molar-refractivity contribution in [2.24, 2.45) is 0 Å². The van der Waals surface area contributed by atoms with Crippen LogP contribution in [0.1, 0.15) is 17.2 Å². The molecule has 142 valence electrons. The Morgan fingerprint density at radius 1 is 1.14 bits per heavy atom. The normalized spacial score (nSPS) is 12.9. The molecule has 2 aromatic heterocycles. The number of hydrogen-bond acceptors (Lipinski definition) is 6. The number of rotatable bonds is 6. The van der Waals surface area contributed by atoms with Crippen LogP contribution < -0.4 is 9.47 Å². The summed E-state index contributed by atoms with van der Waals surface area (Å²) < 4.78 is 17.9. The van der Waals surface area contributed by atoms with E-state index in [9.17, 15) is 5.11 Å². The van der Waals surface area contributed by atoms with Gasteiger partial charge in [-0.1, -0.05) is 18.2 Å². The fourth-order valence-corrected chi connectivity index (χ4v) is 3.11. The van der Waals surface area contributed by atoms with Crippen molar-refractivity contribution >= 4 is 22.7 Å². The lowest BCUT2D eigenvalue weighted by molar-refractivity contribution is 0.230. The Morgan fingerprint density at radius 2 is 1.96 bits per heavy atom. The molecule has 28 heavy (non-hydrogen) atoms. The topological polar surface area (TPSA) is 82.5 Å². The van der Waals surface area contributed by atoms with Gasteiger partial charge in [-0.3, -0.25) is 0 Å². The molecule has 1 atom stereocenters. The van der Waals surface area contributed by atoms with Gasteiger partial charge in [-0.05, 0) is 35.9 Å². The lowest BCUT2D eigenvalue weighted by atomic mass is 10.0. The van der Waals surface area contributed by atoms with E-state index < -0.39 is 6.10 Å². The molecule has 0 radical (unpaired) electrons. The SMILES string of the molecule is COc1ccccc1C=C(C(O)c1cc(OC)c2occc2c1)n1cncn1. The van der Waals surface area contributed by atoms with Crippen molar-refractivity contribution in [1.82, 2.24) is 14.8 Å². The lowest BCUT2D eigenvalue weighted by Gasteiger charge is -2.17. The minimum Gasteiger partial charge on any atom is -0.496 e. The van der Waals surface area contributed by atoms with Gasteiger partial charge < -0.3 is 19.0 Å². The highest BCUT2D eigenvalue weighted by Crippen LogP contribution is 2.35. The van der Waals surface area contributed by atoms with Gasteiger partial charge >= 0.3 is 0 Å². The van der Waals surface area contributed by atoms with Gasteiger partial charge in [0.05, 0.1) is 26.2 Å². The summed E-state index contributed by atoms with van der Waals surface area (Å²) in [5.74, 6) is 1.24. The Morgan fingerprint density at radius 3 is 2.71 bits per heavy atom. The van der Waals surface area contributed by atoms with E-state index in [1.165, 1.54) is 17.3 Å². The van der Waals surface area contributed by atoms with E-state index in [0.717, 1.165) is 10.9 Å². The van der Waals surface area contributed by atoms with Crippen molar-refractivity contribution in [1.29, 1.82) is 0 Å². The monoisotopic (exact) mass is 377 g/mol. The largest absolute Gasteiger partial charge is 0.496 e. The number of aliphatic hydroxyl groups excluding tert-OH is 1. The third kappa shape index (κ3) is 3.23. The number of methoxy groups -OCH3 is 2. The molecule has 2 aromatic carbocycles. The summed E-state index contributed by atoms with van der Waals surface area (Å²) >= 11 is 0. The first-order valence-electron chi connectivity index (χ1n) is 8.64. The molecule has 4 rings (SSSR count). The van der Waals surface area contributed by atoms with Crippen LogP contribution in [0.4, 0.5) is 0 Å². The maximum absolute atomic E-state index is 11.2. The number of aliphatic hydroxyl groups is 1. The Kier molecular flexibility index (Phi) is 4.82. The smallest absolute Gasteiger partial charge is 0.175 e. The van der Waals surface area contributed by atoms with E-state index in [2.05, 4.69) is 10.1 Å². The van der Waals surface area contributed by atoms with Crippen molar-refractivity contribution in [3.8, 4) is 11.5 Å². The predicted molar refractivity (Wildman–Crippen MR) is 105 cm³/mol. The molecule has 0 aliphatic carbocycles. The highest BCUT2D eigenvalue weighted by atomic mass is 16.5. The summed E-state index contributed by atoms with van der Waals surface area (Å²) in [6, 6.07) is 13.0. The van der Waals surface area contributed by atoms with Gasteiger partial charge in [0.1, 0.15) is 24.5 Å². The molecule has 0 saturated heterocycles. The van der Waals surface area contributed by atoms with Crippen LogP contribution in [-0.4, -0.2) is 34.1 Å². The zero-order chi connectivity index (χ0) is 19.5. The maximum Gasteiger partial charge on any atom is 0.175 e. The molecule has 7 nitrogen and oxygen atoms in total. The highest BCUT2D eigenvalue weighted by Gasteiger charge is 2.20. The lowest BCUT2D eigenvalue weighted by Crippen LogP contribution is -2.09. The summed E-state index contributed by atoms with van der Waals surface area (Å²) in [7, 11) is 3.17. The predicted octanol–water partition coefficient (Wildman–Crippen LogP) is 3.77. The van der Waals surface area contributed by atoms with Gasteiger partial charge in [-0.2, -0.15) is 5.10 Å². The van der Waals surface area contributed by atoms with Gasteiger partial charge in [0.25, 0.3) is 0 Å². The Bertz CT molecular complexity index is 1120. The van der Waals surface area contributed by atoms with Crippen molar-refractivity contribution in [3.63, 3.8) is 0 Å². The second-order valence-electron chi connectivity index (χ2n) is 6.12. The number of furan rings is 1. The average molecular weight is 377 g/mol. The van der Waals surface area contributed by atoms with Crippen LogP contribution in [0, 0.1) is 0 Å². The van der Waals surface area contributed by atoms with Crippen LogP contribution in [0.5, 0.6) is 11.5 Å². The first-order chi connectivity index (χ1) is 13.7. The van der Waals surface area contributed by atoms with Crippen LogP contribution in [-0.2, 0) is 0 Å². The number of aromatic nitrogens is 3. The van der Waals surface area contributed by atoms with Crippen LogP contribution >= 0.6 is 0 Å². The van der Waals surface area contributed by atoms with Crippen molar-refractivity contribution in [2.75, 3.05) is 14.2 Å². The highest BCUT2D eigenvalue weighted by molar-refractivity contribution is 5.85. The number of ether oxygens (including phenoxy) is 2. The van der Waals surface area contributed by atoms with Gasteiger partial charge in [-0.15, -0.1) is 0 Å². The summed E-state index contributed by atoms with van der Waals surface area (Å²) in [5, 5.41) is 16.2. The zero-order valence-electron chi connectivity index (χ0n) is 15.4. The number of nitrogens with zero attached hydrogens (tertiary/aromatic N) is 3. The van der Waals surface area contributed by atoms with E-state index in [-0.39, 0.29) is 0 Å². The van der Waals surface area contributed by atoms with Crippen LogP contribution in [0.3, 0.4) is 0 Å². The van der Waals surface area contributed by atoms with Gasteiger partial charge in [0.15, 0.2) is 11.3 Å². The molecule has 0 saturated carbocycles. The number of fused-ring (bicyclic) bond motifs is 1. The molecular formula is C21H19N3O4. The van der Waals surface area contributed by atoms with E-state index >= 15 is 0 Å². The van der Waals surface area contributed by atoms with Crippen LogP contribution in [0.2, 0.25) is 0 Å². The van der Waals surface area contributed by atoms with Gasteiger partial charge in [0, 0.05) is 10.9 Å². The number of para-hydroxylation sites is 1. The second-order valence-corrected chi connectivity index (χ2v) is 6.12. The Balaban J connectivity index is 1.85. The summed E-state index contributed by atoms with van der Waals surface area (Å²) in [6.07, 6.45) is 5.39. The Hall–Kier alpha value is -3.58. The molecule has 0 fully saturated rings. The molecule has 4 aromatic rings. The van der Waals surface area contributed by atoms with Gasteiger partial charge in [0.2, 0.25) is 0 Å². The van der Waals surface area contributed by atoms with Crippen LogP contribution in [0.25, 0.3) is 22.7 Å². The first kappa shape index (κ1) is 17.8. The standard InChI is InChI=1S/C21H19N3O4/c1-26-18-6-4-3-5-14(18)10-17(24-13-22-12-23-24)20(25)16-9-15-7-8-28-21(15)19(11-16)27-2/h3-13,20,25H,1-2H3. The van der Waals surface area contributed by atoms with E-state index in [4.69, 9.17) is 13.9 Å². The zero-order valence-corrected chi connectivity index (χ0v) is 15.4. The minimum absolute atomic E-state index is 0.520. The first-order valence-corrected chi connectivity index (χ1v) is 8.64. The van der Waals surface area contributed by atoms with Crippen LogP contribution in [0.15, 0.2) is 65.8 Å². The molecule has 0 aliphatic heterocycles. The van der Waals surface area contributed by atoms with E-state index in [0.29, 0.717) is 28.3 Å². The fraction of sp³-hybridized carbons (Fsp3) is 0.143. The molecule has 2 heterocycles. The minimum atomic E-state index is -0.986.